The summed E-state index contributed by atoms with van der Waals surface area (Å²) in [4.78, 5) is 79.2. The summed E-state index contributed by atoms with van der Waals surface area (Å²) in [6.45, 7) is 16.8. The lowest BCUT2D eigenvalue weighted by atomic mass is 9.80. The van der Waals surface area contributed by atoms with Gasteiger partial charge in [-0.25, -0.2) is 4.79 Å². The van der Waals surface area contributed by atoms with E-state index in [0.29, 0.717) is 13.0 Å². The zero-order valence-corrected chi connectivity index (χ0v) is 27.9. The van der Waals surface area contributed by atoms with Gasteiger partial charge in [0.1, 0.15) is 18.7 Å². The molecule has 0 radical (unpaired) electrons. The minimum atomic E-state index is -1.09. The molecule has 3 aliphatic rings. The Hall–Kier alpha value is -3.18. The summed E-state index contributed by atoms with van der Waals surface area (Å²) >= 11 is 0. The van der Waals surface area contributed by atoms with E-state index in [1.165, 1.54) is 4.90 Å². The van der Waals surface area contributed by atoms with Gasteiger partial charge in [0.05, 0.1) is 17.5 Å². The van der Waals surface area contributed by atoms with Gasteiger partial charge in [-0.05, 0) is 62.2 Å². The number of piperidine rings is 1. The maximum absolute atomic E-state index is 14.1. The third kappa shape index (κ3) is 8.72. The van der Waals surface area contributed by atoms with Crippen LogP contribution in [0.2, 0.25) is 0 Å². The number of amides is 5. The normalized spacial score (nSPS) is 23.8. The Bertz CT molecular complexity index is 1150. The number of nitrogens with zero attached hydrogens (tertiary/aromatic N) is 1. The fraction of sp³-hybridized carbons (Fsp3) is 0.812. The predicted molar refractivity (Wildman–Crippen MR) is 164 cm³/mol. The van der Waals surface area contributed by atoms with E-state index in [0.717, 1.165) is 25.7 Å². The molecular formula is C32H53N5O7. The van der Waals surface area contributed by atoms with Gasteiger partial charge in [-0.1, -0.05) is 60.8 Å². The number of rotatable bonds is 11. The summed E-state index contributed by atoms with van der Waals surface area (Å²) in [6, 6.07) is -3.96. The molecule has 2 aliphatic carbocycles. The zero-order chi connectivity index (χ0) is 33.4. The molecule has 5 N–H and O–H groups in total. The Morgan fingerprint density at radius 1 is 0.886 bits per heavy atom. The molecule has 248 valence electrons. The number of primary amides is 1. The molecule has 1 aliphatic heterocycles. The highest BCUT2D eigenvalue weighted by atomic mass is 16.5. The number of fused-ring (bicyclic) bond motifs is 1. The Labute approximate surface area is 261 Å². The first-order chi connectivity index (χ1) is 20.1. The number of esters is 1. The van der Waals surface area contributed by atoms with Crippen molar-refractivity contribution < 1.29 is 33.5 Å². The van der Waals surface area contributed by atoms with Gasteiger partial charge < -0.3 is 31.3 Å². The number of carbonyl (C=O) groups is 6. The lowest BCUT2D eigenvalue weighted by Gasteiger charge is -2.38. The van der Waals surface area contributed by atoms with Gasteiger partial charge >= 0.3 is 12.0 Å². The van der Waals surface area contributed by atoms with Crippen LogP contribution in [0.1, 0.15) is 94.4 Å². The molecule has 2 saturated carbocycles. The number of Topliss-reactive ketones (excluding diaryl/α,β-unsaturated/α-hetero) is 1. The van der Waals surface area contributed by atoms with E-state index in [2.05, 4.69) is 16.0 Å². The molecule has 1 heterocycles. The number of likely N-dealkylation sites (tertiary alicyclic amines) is 1. The van der Waals surface area contributed by atoms with Gasteiger partial charge in [0.2, 0.25) is 17.6 Å². The number of hydrogen-bond donors (Lipinski definition) is 4. The SMILES string of the molecule is CC(C)(C)C(=O)OC[C@@H](NC(=O)NC(C(=O)N1C[C@@H]2CC2C1C(=O)NC(CC1CCC1)C(=O)C(N)=O)C(C)(C)C)C(C)(C)C. The molecule has 6 atom stereocenters. The Kier molecular flexibility index (Phi) is 10.5. The molecule has 12 heteroatoms. The summed E-state index contributed by atoms with van der Waals surface area (Å²) in [7, 11) is 0. The molecule has 0 aromatic carbocycles. The number of ketones is 1. The maximum Gasteiger partial charge on any atom is 0.315 e. The summed E-state index contributed by atoms with van der Waals surface area (Å²) in [5.41, 5.74) is 3.41. The van der Waals surface area contributed by atoms with E-state index < -0.39 is 69.9 Å². The predicted octanol–water partition coefficient (Wildman–Crippen LogP) is 2.28. The average Bonchev–Trinajstić information content (AvgIpc) is 3.51. The van der Waals surface area contributed by atoms with Crippen molar-refractivity contribution in [2.24, 2.45) is 39.7 Å². The molecule has 12 nitrogen and oxygen atoms in total. The van der Waals surface area contributed by atoms with Crippen LogP contribution < -0.4 is 21.7 Å². The molecule has 4 unspecified atom stereocenters. The third-order valence-electron chi connectivity index (χ3n) is 9.10. The van der Waals surface area contributed by atoms with E-state index in [1.54, 1.807) is 20.8 Å². The van der Waals surface area contributed by atoms with Crippen molar-refractivity contribution in [2.75, 3.05) is 13.2 Å². The van der Waals surface area contributed by atoms with Crippen LogP contribution in [-0.4, -0.2) is 77.7 Å². The van der Waals surface area contributed by atoms with Crippen molar-refractivity contribution >= 4 is 35.5 Å². The second-order valence-electron chi connectivity index (χ2n) is 16.1. The number of nitrogens with one attached hydrogen (secondary N) is 3. The smallest absolute Gasteiger partial charge is 0.315 e. The van der Waals surface area contributed by atoms with Crippen LogP contribution in [0.15, 0.2) is 0 Å². The van der Waals surface area contributed by atoms with Crippen LogP contribution >= 0.6 is 0 Å². The quantitative estimate of drug-likeness (QED) is 0.202. The van der Waals surface area contributed by atoms with E-state index in [4.69, 9.17) is 10.5 Å². The highest BCUT2D eigenvalue weighted by Gasteiger charge is 2.58. The third-order valence-corrected chi connectivity index (χ3v) is 9.10. The average molecular weight is 620 g/mol. The molecule has 0 aromatic rings. The van der Waals surface area contributed by atoms with Gasteiger partial charge in [0, 0.05) is 6.54 Å². The second-order valence-corrected chi connectivity index (χ2v) is 16.1. The first-order valence-electron chi connectivity index (χ1n) is 15.8. The van der Waals surface area contributed by atoms with E-state index in [1.807, 2.05) is 41.5 Å². The topological polar surface area (TPSA) is 177 Å². The monoisotopic (exact) mass is 619 g/mol. The fourth-order valence-electron chi connectivity index (χ4n) is 5.78. The van der Waals surface area contributed by atoms with Crippen LogP contribution in [-0.2, 0) is 28.7 Å². The van der Waals surface area contributed by atoms with Gasteiger partial charge in [0.25, 0.3) is 5.91 Å². The Morgan fingerprint density at radius 3 is 1.98 bits per heavy atom. The summed E-state index contributed by atoms with van der Waals surface area (Å²) < 4.78 is 5.50. The Balaban J connectivity index is 1.74. The van der Waals surface area contributed by atoms with Crippen LogP contribution in [0.3, 0.4) is 0 Å². The molecular weight excluding hydrogens is 566 g/mol. The van der Waals surface area contributed by atoms with Gasteiger partial charge in [-0.3, -0.25) is 24.0 Å². The van der Waals surface area contributed by atoms with Crippen molar-refractivity contribution in [3.63, 3.8) is 0 Å². The second kappa shape index (κ2) is 13.0. The summed E-state index contributed by atoms with van der Waals surface area (Å²) in [5, 5.41) is 8.46. The van der Waals surface area contributed by atoms with Crippen molar-refractivity contribution in [3.8, 4) is 0 Å². The van der Waals surface area contributed by atoms with Crippen molar-refractivity contribution in [1.82, 2.24) is 20.9 Å². The molecule has 0 aromatic heterocycles. The molecule has 0 bridgehead atoms. The van der Waals surface area contributed by atoms with Crippen LogP contribution in [0.25, 0.3) is 0 Å². The van der Waals surface area contributed by atoms with Gasteiger partial charge in [-0.2, -0.15) is 0 Å². The van der Waals surface area contributed by atoms with Crippen LogP contribution in [0.4, 0.5) is 4.79 Å². The largest absolute Gasteiger partial charge is 0.463 e. The lowest BCUT2D eigenvalue weighted by Crippen LogP contribution is -2.62. The molecule has 0 spiro atoms. The molecule has 44 heavy (non-hydrogen) atoms. The van der Waals surface area contributed by atoms with Crippen LogP contribution in [0.5, 0.6) is 0 Å². The van der Waals surface area contributed by atoms with E-state index in [9.17, 15) is 28.8 Å². The van der Waals surface area contributed by atoms with Crippen molar-refractivity contribution in [1.29, 1.82) is 0 Å². The highest BCUT2D eigenvalue weighted by molar-refractivity contribution is 6.37. The van der Waals surface area contributed by atoms with E-state index in [-0.39, 0.29) is 30.3 Å². The number of ether oxygens (including phenoxy) is 1. The number of carbonyl (C=O) groups excluding carboxylic acids is 6. The first-order valence-corrected chi connectivity index (χ1v) is 15.8. The summed E-state index contributed by atoms with van der Waals surface area (Å²) in [6.07, 6.45) is 4.01. The minimum absolute atomic E-state index is 0.0368. The number of hydrogen-bond acceptors (Lipinski definition) is 7. The van der Waals surface area contributed by atoms with Crippen LogP contribution in [0, 0.1) is 34.0 Å². The van der Waals surface area contributed by atoms with E-state index >= 15 is 0 Å². The zero-order valence-electron chi connectivity index (χ0n) is 27.9. The highest BCUT2D eigenvalue weighted by Crippen LogP contribution is 2.50. The molecule has 3 fully saturated rings. The molecule has 5 amide bonds. The standard InChI is InChI=1S/C32H53N5O7/c1-30(2,3)21(16-44-28(42)32(7,8)9)35-29(43)36-24(31(4,5)6)27(41)37-15-18-14-19(18)22(37)26(40)34-20(23(38)25(33)39)13-17-11-10-12-17/h17-22,24H,10-16H2,1-9H3,(H2,33,39)(H,34,40)(H2,35,36,43)/t18-,19?,20?,21+,22?,24?/m0/s1. The number of urea groups is 1. The first kappa shape index (κ1) is 35.3. The molecule has 1 saturated heterocycles. The molecule has 3 rings (SSSR count). The minimum Gasteiger partial charge on any atom is -0.463 e. The van der Waals surface area contributed by atoms with Crippen molar-refractivity contribution in [3.05, 3.63) is 0 Å². The van der Waals surface area contributed by atoms with Gasteiger partial charge in [-0.15, -0.1) is 0 Å². The van der Waals surface area contributed by atoms with Crippen molar-refractivity contribution in [2.45, 2.75) is 119 Å². The Morgan fingerprint density at radius 2 is 1.50 bits per heavy atom. The van der Waals surface area contributed by atoms with Gasteiger partial charge in [0.15, 0.2) is 0 Å². The number of nitrogens with two attached hydrogens (primary N) is 1. The fourth-order valence-corrected chi connectivity index (χ4v) is 5.78. The lowest BCUT2D eigenvalue weighted by molar-refractivity contribution is -0.154. The summed E-state index contributed by atoms with van der Waals surface area (Å²) in [5.74, 6) is -2.85. The maximum atomic E-state index is 14.1.